The van der Waals surface area contributed by atoms with Crippen molar-refractivity contribution < 1.29 is 19.4 Å². The number of halogens is 1. The van der Waals surface area contributed by atoms with Gasteiger partial charge < -0.3 is 14.6 Å². The SMILES string of the molecule is CCOC(=O)[C@]12C[C@@]1(I)[C@@H](c1ccccc1)O[C@]2(C)O. The molecule has 0 bridgehead atoms. The third-order valence-corrected chi connectivity index (χ3v) is 6.26. The average Bonchev–Trinajstić information content (AvgIpc) is 3.02. The molecule has 1 saturated heterocycles. The van der Waals surface area contributed by atoms with Crippen molar-refractivity contribution in [3.05, 3.63) is 35.9 Å². The Bertz CT molecular complexity index is 544. The number of ether oxygens (including phenoxy) is 2. The fourth-order valence-electron chi connectivity index (χ4n) is 3.28. The summed E-state index contributed by atoms with van der Waals surface area (Å²) in [5, 5.41) is 10.6. The summed E-state index contributed by atoms with van der Waals surface area (Å²) in [4.78, 5) is 12.3. The molecule has 0 radical (unpaired) electrons. The van der Waals surface area contributed by atoms with Crippen molar-refractivity contribution in [1.29, 1.82) is 0 Å². The lowest BCUT2D eigenvalue weighted by Crippen LogP contribution is -2.43. The molecule has 1 aromatic rings. The van der Waals surface area contributed by atoms with Gasteiger partial charge in [0.1, 0.15) is 11.5 Å². The van der Waals surface area contributed by atoms with Gasteiger partial charge in [-0.3, -0.25) is 4.79 Å². The maximum atomic E-state index is 12.3. The van der Waals surface area contributed by atoms with Crippen molar-refractivity contribution >= 4 is 28.6 Å². The van der Waals surface area contributed by atoms with Crippen LogP contribution in [0, 0.1) is 5.41 Å². The van der Waals surface area contributed by atoms with E-state index in [2.05, 4.69) is 22.6 Å². The van der Waals surface area contributed by atoms with E-state index in [1.807, 2.05) is 30.3 Å². The maximum absolute atomic E-state index is 12.3. The van der Waals surface area contributed by atoms with E-state index in [1.165, 1.54) is 0 Å². The lowest BCUT2D eigenvalue weighted by atomic mass is 9.94. The predicted molar refractivity (Wildman–Crippen MR) is 81.3 cm³/mol. The van der Waals surface area contributed by atoms with Gasteiger partial charge in [-0.1, -0.05) is 52.9 Å². The Morgan fingerprint density at radius 1 is 1.50 bits per heavy atom. The van der Waals surface area contributed by atoms with Crippen LogP contribution in [0.2, 0.25) is 0 Å². The summed E-state index contributed by atoms with van der Waals surface area (Å²) in [6, 6.07) is 9.71. The number of fused-ring (bicyclic) bond motifs is 1. The third-order valence-electron chi connectivity index (χ3n) is 4.39. The minimum absolute atomic E-state index is 0.302. The van der Waals surface area contributed by atoms with Gasteiger partial charge in [-0.15, -0.1) is 0 Å². The standard InChI is InChI=1S/C15H17IO4/c1-3-19-12(17)14-9-15(14,16)11(20-13(14,2)18)10-7-5-4-6-8-10/h4-8,11,18H,3,9H2,1-2H3/t11-,13+,14+,15-/m1/s1. The summed E-state index contributed by atoms with van der Waals surface area (Å²) in [5.74, 6) is -1.86. The second kappa shape index (κ2) is 4.42. The molecule has 1 aliphatic carbocycles. The van der Waals surface area contributed by atoms with E-state index in [9.17, 15) is 9.90 Å². The summed E-state index contributed by atoms with van der Waals surface area (Å²) >= 11 is 2.25. The molecule has 1 aliphatic heterocycles. The van der Waals surface area contributed by atoms with E-state index in [0.29, 0.717) is 13.0 Å². The lowest BCUT2D eigenvalue weighted by Gasteiger charge is -2.27. The molecular formula is C15H17IO4. The van der Waals surface area contributed by atoms with Crippen molar-refractivity contribution in [3.63, 3.8) is 0 Å². The van der Waals surface area contributed by atoms with Gasteiger partial charge in [0.2, 0.25) is 0 Å². The molecule has 0 unspecified atom stereocenters. The van der Waals surface area contributed by atoms with Gasteiger partial charge in [-0.2, -0.15) is 0 Å². The molecule has 108 valence electrons. The summed E-state index contributed by atoms with van der Waals surface area (Å²) in [5.41, 5.74) is 0.0164. The second-order valence-corrected chi connectivity index (χ2v) is 7.48. The van der Waals surface area contributed by atoms with Crippen LogP contribution in [0.1, 0.15) is 31.9 Å². The molecule has 3 rings (SSSR count). The predicted octanol–water partition coefficient (Wildman–Crippen LogP) is 2.59. The van der Waals surface area contributed by atoms with Crippen LogP contribution in [0.4, 0.5) is 0 Å². The van der Waals surface area contributed by atoms with Crippen LogP contribution in [-0.4, -0.2) is 26.9 Å². The summed E-state index contributed by atoms with van der Waals surface area (Å²) in [7, 11) is 0. The molecule has 1 aromatic carbocycles. The van der Waals surface area contributed by atoms with Crippen LogP contribution < -0.4 is 0 Å². The van der Waals surface area contributed by atoms with E-state index in [0.717, 1.165) is 5.56 Å². The normalized spacial score (nSPS) is 42.1. The Balaban J connectivity index is 1.99. The molecular weight excluding hydrogens is 371 g/mol. The maximum Gasteiger partial charge on any atom is 0.319 e. The zero-order valence-corrected chi connectivity index (χ0v) is 13.6. The molecule has 0 amide bonds. The monoisotopic (exact) mass is 388 g/mol. The summed E-state index contributed by atoms with van der Waals surface area (Å²) in [6.07, 6.45) is 0.273. The molecule has 0 spiro atoms. The molecule has 4 atom stereocenters. The van der Waals surface area contributed by atoms with Gasteiger partial charge in [0, 0.05) is 0 Å². The van der Waals surface area contributed by atoms with E-state index in [1.54, 1.807) is 13.8 Å². The molecule has 1 saturated carbocycles. The molecule has 5 heteroatoms. The molecule has 2 aliphatic rings. The fraction of sp³-hybridized carbons (Fsp3) is 0.533. The first-order valence-corrected chi connectivity index (χ1v) is 7.78. The van der Waals surface area contributed by atoms with E-state index in [-0.39, 0.29) is 12.1 Å². The molecule has 2 fully saturated rings. The number of benzene rings is 1. The van der Waals surface area contributed by atoms with Crippen LogP contribution in [0.5, 0.6) is 0 Å². The van der Waals surface area contributed by atoms with E-state index in [4.69, 9.17) is 9.47 Å². The average molecular weight is 388 g/mol. The Kier molecular flexibility index (Phi) is 3.15. The number of carbonyl (C=O) groups excluding carboxylic acids is 1. The minimum Gasteiger partial charge on any atom is -0.465 e. The van der Waals surface area contributed by atoms with Crippen molar-refractivity contribution in [3.8, 4) is 0 Å². The van der Waals surface area contributed by atoms with Gasteiger partial charge in [0.25, 0.3) is 0 Å². The molecule has 0 aromatic heterocycles. The first kappa shape index (κ1) is 14.3. The number of hydrogen-bond donors (Lipinski definition) is 1. The first-order chi connectivity index (χ1) is 9.39. The Hall–Kier alpha value is -0.660. The van der Waals surface area contributed by atoms with Crippen molar-refractivity contribution in [2.45, 2.75) is 35.6 Å². The molecule has 20 heavy (non-hydrogen) atoms. The number of aliphatic hydroxyl groups is 1. The number of carbonyl (C=O) groups is 1. The molecule has 1 heterocycles. The van der Waals surface area contributed by atoms with Crippen molar-refractivity contribution in [2.75, 3.05) is 6.61 Å². The van der Waals surface area contributed by atoms with Gasteiger partial charge in [0.05, 0.1) is 10.0 Å². The topological polar surface area (TPSA) is 55.8 Å². The zero-order chi connectivity index (χ0) is 14.6. The lowest BCUT2D eigenvalue weighted by molar-refractivity contribution is -0.229. The molecule has 4 nitrogen and oxygen atoms in total. The smallest absolute Gasteiger partial charge is 0.319 e. The minimum atomic E-state index is -1.50. The molecule has 1 N–H and O–H groups in total. The highest BCUT2D eigenvalue weighted by Gasteiger charge is 2.87. The highest BCUT2D eigenvalue weighted by Crippen LogP contribution is 2.79. The Morgan fingerprint density at radius 3 is 2.70 bits per heavy atom. The van der Waals surface area contributed by atoms with E-state index >= 15 is 0 Å². The number of esters is 1. The Labute approximate surface area is 131 Å². The van der Waals surface area contributed by atoms with Crippen LogP contribution in [0.3, 0.4) is 0 Å². The van der Waals surface area contributed by atoms with Gasteiger partial charge >= 0.3 is 5.97 Å². The van der Waals surface area contributed by atoms with Gasteiger partial charge in [-0.05, 0) is 25.8 Å². The first-order valence-electron chi connectivity index (χ1n) is 6.70. The summed E-state index contributed by atoms with van der Waals surface area (Å²) in [6.45, 7) is 3.64. The van der Waals surface area contributed by atoms with Crippen LogP contribution in [-0.2, 0) is 14.3 Å². The van der Waals surface area contributed by atoms with E-state index < -0.39 is 14.6 Å². The highest BCUT2D eigenvalue weighted by atomic mass is 127. The second-order valence-electron chi connectivity index (χ2n) is 5.56. The quantitative estimate of drug-likeness (QED) is 0.492. The largest absolute Gasteiger partial charge is 0.465 e. The fourth-order valence-corrected chi connectivity index (χ4v) is 5.06. The third kappa shape index (κ3) is 1.63. The van der Waals surface area contributed by atoms with Crippen LogP contribution in [0.25, 0.3) is 0 Å². The Morgan fingerprint density at radius 2 is 2.15 bits per heavy atom. The highest BCUT2D eigenvalue weighted by molar-refractivity contribution is 14.1. The number of alkyl halides is 1. The van der Waals surface area contributed by atoms with Gasteiger partial charge in [0.15, 0.2) is 5.79 Å². The van der Waals surface area contributed by atoms with Crippen LogP contribution in [0.15, 0.2) is 30.3 Å². The van der Waals surface area contributed by atoms with Crippen LogP contribution >= 0.6 is 22.6 Å². The van der Waals surface area contributed by atoms with Crippen molar-refractivity contribution in [2.24, 2.45) is 5.41 Å². The zero-order valence-electron chi connectivity index (χ0n) is 11.4. The number of hydrogen-bond acceptors (Lipinski definition) is 4. The summed E-state index contributed by atoms with van der Waals surface area (Å²) < 4.78 is 10.5. The van der Waals surface area contributed by atoms with Crippen molar-refractivity contribution in [1.82, 2.24) is 0 Å². The van der Waals surface area contributed by atoms with Gasteiger partial charge in [-0.25, -0.2) is 0 Å². The number of rotatable bonds is 3.